The summed E-state index contributed by atoms with van der Waals surface area (Å²) in [6, 6.07) is 3.69. The molecule has 2 aromatic rings. The summed E-state index contributed by atoms with van der Waals surface area (Å²) in [6.07, 6.45) is 9.00. The van der Waals surface area contributed by atoms with Crippen LogP contribution < -0.4 is 10.5 Å². The van der Waals surface area contributed by atoms with Gasteiger partial charge in [0.2, 0.25) is 5.88 Å². The molecule has 0 unspecified atom stereocenters. The van der Waals surface area contributed by atoms with Gasteiger partial charge < -0.3 is 10.5 Å². The number of fused-ring (bicyclic) bond motifs is 1. The molecule has 19 heavy (non-hydrogen) atoms. The molecule has 3 rings (SSSR count). The molecule has 0 saturated heterocycles. The highest BCUT2D eigenvalue weighted by molar-refractivity contribution is 5.69. The van der Waals surface area contributed by atoms with Gasteiger partial charge in [-0.2, -0.15) is 4.98 Å². The smallest absolute Gasteiger partial charge is 0.215 e. The normalized spacial score (nSPS) is 18.4. The molecule has 1 aliphatic carbocycles. The van der Waals surface area contributed by atoms with E-state index in [9.17, 15) is 0 Å². The first-order valence-corrected chi connectivity index (χ1v) is 6.75. The molecule has 0 aliphatic heterocycles. The lowest BCUT2D eigenvalue weighted by atomic mass is 9.83. The zero-order valence-corrected chi connectivity index (χ0v) is 10.9. The molecule has 5 nitrogen and oxygen atoms in total. The molecule has 5 heteroatoms. The van der Waals surface area contributed by atoms with Gasteiger partial charge in [0, 0.05) is 18.5 Å². The van der Waals surface area contributed by atoms with Gasteiger partial charge >= 0.3 is 0 Å². The first-order valence-electron chi connectivity index (χ1n) is 6.75. The topological polar surface area (TPSA) is 73.9 Å². The first-order chi connectivity index (χ1) is 9.25. The summed E-state index contributed by atoms with van der Waals surface area (Å²) in [4.78, 5) is 12.7. The van der Waals surface area contributed by atoms with Crippen molar-refractivity contribution in [1.82, 2.24) is 15.0 Å². The van der Waals surface area contributed by atoms with Crippen LogP contribution in [0.3, 0.4) is 0 Å². The summed E-state index contributed by atoms with van der Waals surface area (Å²) in [5.74, 6) is 0.573. The first kappa shape index (κ1) is 12.3. The molecular weight excluding hydrogens is 240 g/mol. The number of nitrogens with zero attached hydrogens (tertiary/aromatic N) is 3. The largest absolute Gasteiger partial charge is 0.476 e. The highest BCUT2D eigenvalue weighted by Crippen LogP contribution is 2.26. The second kappa shape index (κ2) is 5.09. The van der Waals surface area contributed by atoms with E-state index in [1.807, 2.05) is 12.1 Å². The predicted octanol–water partition coefficient (Wildman–Crippen LogP) is 2.07. The highest BCUT2D eigenvalue weighted by Gasteiger charge is 2.28. The Bertz CT molecular complexity index is 566. The number of nitrogens with two attached hydrogens (primary N) is 1. The third-order valence-corrected chi connectivity index (χ3v) is 3.66. The average Bonchev–Trinajstić information content (AvgIpc) is 2.46. The van der Waals surface area contributed by atoms with Gasteiger partial charge in [0.1, 0.15) is 12.1 Å². The highest BCUT2D eigenvalue weighted by atomic mass is 16.5. The van der Waals surface area contributed by atoms with Crippen molar-refractivity contribution in [3.05, 3.63) is 24.5 Å². The fourth-order valence-corrected chi connectivity index (χ4v) is 2.54. The van der Waals surface area contributed by atoms with Crippen LogP contribution >= 0.6 is 0 Å². The van der Waals surface area contributed by atoms with Gasteiger partial charge in [-0.15, -0.1) is 0 Å². The number of ether oxygens (including phenoxy) is 1. The molecule has 0 spiro atoms. The fraction of sp³-hybridized carbons (Fsp3) is 0.500. The van der Waals surface area contributed by atoms with Crippen molar-refractivity contribution >= 4 is 11.2 Å². The van der Waals surface area contributed by atoms with Crippen LogP contribution in [-0.2, 0) is 0 Å². The second-order valence-corrected chi connectivity index (χ2v) is 5.26. The molecule has 100 valence electrons. The maximum Gasteiger partial charge on any atom is 0.215 e. The van der Waals surface area contributed by atoms with Gasteiger partial charge in [0.05, 0.1) is 5.54 Å². The van der Waals surface area contributed by atoms with Crippen molar-refractivity contribution in [3.63, 3.8) is 0 Å². The third kappa shape index (κ3) is 2.81. The summed E-state index contributed by atoms with van der Waals surface area (Å²) in [5.41, 5.74) is 7.52. The Balaban J connectivity index is 1.71. The molecule has 1 saturated carbocycles. The molecule has 1 aliphatic rings. The Morgan fingerprint density at radius 1 is 1.11 bits per heavy atom. The number of pyridine rings is 1. The molecule has 0 amide bonds. The summed E-state index contributed by atoms with van der Waals surface area (Å²) in [6.45, 7) is 0.520. The molecule has 0 bridgehead atoms. The monoisotopic (exact) mass is 258 g/mol. The maximum atomic E-state index is 6.34. The summed E-state index contributed by atoms with van der Waals surface area (Å²) in [5, 5.41) is 0. The van der Waals surface area contributed by atoms with Crippen LogP contribution in [0.4, 0.5) is 0 Å². The van der Waals surface area contributed by atoms with Crippen LogP contribution in [-0.4, -0.2) is 27.1 Å². The van der Waals surface area contributed by atoms with Crippen molar-refractivity contribution in [2.24, 2.45) is 5.73 Å². The molecule has 0 aromatic carbocycles. The molecule has 2 N–H and O–H groups in total. The quantitative estimate of drug-likeness (QED) is 0.912. The maximum absolute atomic E-state index is 6.34. The Hall–Kier alpha value is -1.75. The van der Waals surface area contributed by atoms with Crippen LogP contribution in [0.25, 0.3) is 11.2 Å². The van der Waals surface area contributed by atoms with E-state index in [1.165, 1.54) is 19.3 Å². The minimum atomic E-state index is -0.197. The average molecular weight is 258 g/mol. The van der Waals surface area contributed by atoms with E-state index >= 15 is 0 Å². The Morgan fingerprint density at radius 2 is 1.89 bits per heavy atom. The van der Waals surface area contributed by atoms with E-state index in [4.69, 9.17) is 10.5 Å². The SMILES string of the molecule is NC1(COc2ccc3nccnc3n2)CCCCC1. The predicted molar refractivity (Wildman–Crippen MR) is 72.8 cm³/mol. The Labute approximate surface area is 112 Å². The van der Waals surface area contributed by atoms with Crippen LogP contribution in [0, 0.1) is 0 Å². The van der Waals surface area contributed by atoms with Crippen LogP contribution in [0.15, 0.2) is 24.5 Å². The summed E-state index contributed by atoms with van der Waals surface area (Å²) in [7, 11) is 0. The summed E-state index contributed by atoms with van der Waals surface area (Å²) >= 11 is 0. The van der Waals surface area contributed by atoms with Gasteiger partial charge in [0.25, 0.3) is 0 Å². The number of rotatable bonds is 3. The minimum Gasteiger partial charge on any atom is -0.476 e. The van der Waals surface area contributed by atoms with Crippen molar-refractivity contribution in [2.75, 3.05) is 6.61 Å². The van der Waals surface area contributed by atoms with E-state index < -0.39 is 0 Å². The van der Waals surface area contributed by atoms with E-state index in [2.05, 4.69) is 15.0 Å². The van der Waals surface area contributed by atoms with E-state index in [1.54, 1.807) is 12.4 Å². The molecule has 2 aromatic heterocycles. The van der Waals surface area contributed by atoms with Crippen LogP contribution in [0.5, 0.6) is 5.88 Å². The Morgan fingerprint density at radius 3 is 2.74 bits per heavy atom. The second-order valence-electron chi connectivity index (χ2n) is 5.26. The van der Waals surface area contributed by atoms with Gasteiger partial charge in [-0.25, -0.2) is 4.98 Å². The minimum absolute atomic E-state index is 0.197. The molecule has 0 atom stereocenters. The zero-order valence-electron chi connectivity index (χ0n) is 10.9. The fourth-order valence-electron chi connectivity index (χ4n) is 2.54. The van der Waals surface area contributed by atoms with E-state index in [-0.39, 0.29) is 5.54 Å². The van der Waals surface area contributed by atoms with Crippen molar-refractivity contribution in [1.29, 1.82) is 0 Å². The van der Waals surface area contributed by atoms with Gasteiger partial charge in [-0.1, -0.05) is 19.3 Å². The lowest BCUT2D eigenvalue weighted by Crippen LogP contribution is -2.47. The van der Waals surface area contributed by atoms with Gasteiger partial charge in [-0.05, 0) is 18.9 Å². The summed E-state index contributed by atoms with van der Waals surface area (Å²) < 4.78 is 5.75. The lowest BCUT2D eigenvalue weighted by molar-refractivity contribution is 0.169. The number of hydrogen-bond acceptors (Lipinski definition) is 5. The van der Waals surface area contributed by atoms with Crippen molar-refractivity contribution in [3.8, 4) is 5.88 Å². The van der Waals surface area contributed by atoms with E-state index in [0.29, 0.717) is 18.1 Å². The number of hydrogen-bond donors (Lipinski definition) is 1. The van der Waals surface area contributed by atoms with Crippen LogP contribution in [0.1, 0.15) is 32.1 Å². The number of aromatic nitrogens is 3. The van der Waals surface area contributed by atoms with Crippen molar-refractivity contribution < 1.29 is 4.74 Å². The standard InChI is InChI=1S/C14H18N4O/c15-14(6-2-1-3-7-14)10-19-12-5-4-11-13(18-12)17-9-8-16-11/h4-5,8-9H,1-3,6-7,10,15H2. The molecule has 1 fully saturated rings. The lowest BCUT2D eigenvalue weighted by Gasteiger charge is -2.32. The third-order valence-electron chi connectivity index (χ3n) is 3.66. The Kier molecular flexibility index (Phi) is 3.29. The van der Waals surface area contributed by atoms with Gasteiger partial charge in [-0.3, -0.25) is 4.98 Å². The van der Waals surface area contributed by atoms with Crippen molar-refractivity contribution in [2.45, 2.75) is 37.6 Å². The van der Waals surface area contributed by atoms with Gasteiger partial charge in [0.15, 0.2) is 5.65 Å². The molecule has 2 heterocycles. The van der Waals surface area contributed by atoms with E-state index in [0.717, 1.165) is 18.4 Å². The van der Waals surface area contributed by atoms with Crippen LogP contribution in [0.2, 0.25) is 0 Å². The molecular formula is C14H18N4O. The zero-order chi connectivity index (χ0) is 13.1. The molecule has 0 radical (unpaired) electrons.